The van der Waals surface area contributed by atoms with Crippen LogP contribution in [-0.2, 0) is 23.3 Å². The maximum atomic E-state index is 6.49. The van der Waals surface area contributed by atoms with Gasteiger partial charge in [-0.2, -0.15) is 13.5 Å². The van der Waals surface area contributed by atoms with Crippen molar-refractivity contribution in [3.63, 3.8) is 0 Å². The molecule has 2 rings (SSSR count). The van der Waals surface area contributed by atoms with Crippen LogP contribution in [0.25, 0.3) is 0 Å². The summed E-state index contributed by atoms with van der Waals surface area (Å²) < 4.78 is 45.7. The van der Waals surface area contributed by atoms with Crippen LogP contribution in [0.5, 0.6) is 0 Å². The molecule has 2 aliphatic heterocycles. The number of ether oxygens (including phenoxy) is 3. The zero-order valence-corrected chi connectivity index (χ0v) is 24.7. The van der Waals surface area contributed by atoms with E-state index in [2.05, 4.69) is 48.0 Å². The fourth-order valence-corrected chi connectivity index (χ4v) is 14.5. The Hall–Kier alpha value is 0.330. The van der Waals surface area contributed by atoms with Crippen LogP contribution in [-0.4, -0.2) is 79.0 Å². The Labute approximate surface area is 212 Å². The van der Waals surface area contributed by atoms with Crippen LogP contribution < -0.4 is 20.3 Å². The van der Waals surface area contributed by atoms with Crippen molar-refractivity contribution in [3.05, 3.63) is 0 Å². The first-order chi connectivity index (χ1) is 17.1. The van der Waals surface area contributed by atoms with Crippen LogP contribution >= 0.6 is 22.7 Å². The highest BCUT2D eigenvalue weighted by molar-refractivity contribution is 7.82. The first-order valence-electron chi connectivity index (χ1n) is 13.0. The van der Waals surface area contributed by atoms with E-state index in [0.717, 1.165) is 51.9 Å². The number of nitrogens with one attached hydrogen (secondary N) is 4. The van der Waals surface area contributed by atoms with Gasteiger partial charge in [-0.1, -0.05) is 27.7 Å². The lowest BCUT2D eigenvalue weighted by Gasteiger charge is -2.36. The SMILES string of the molecule is CCCNP1(NCCC)=NP2(NCCC)=NP(NCCC)(=N1)OCCOCCOCCOCCO2. The molecule has 208 valence electrons. The van der Waals surface area contributed by atoms with Gasteiger partial charge in [0.25, 0.3) is 15.2 Å². The minimum absolute atomic E-state index is 0.371. The van der Waals surface area contributed by atoms with E-state index in [-0.39, 0.29) is 0 Å². The average molecular weight is 560 g/mol. The van der Waals surface area contributed by atoms with Crippen LogP contribution in [0, 0.1) is 0 Å². The molecule has 0 aromatic heterocycles. The summed E-state index contributed by atoms with van der Waals surface area (Å²) >= 11 is 0. The van der Waals surface area contributed by atoms with E-state index in [9.17, 15) is 0 Å². The van der Waals surface area contributed by atoms with Crippen LogP contribution in [0.4, 0.5) is 0 Å². The van der Waals surface area contributed by atoms with Crippen molar-refractivity contribution < 1.29 is 23.3 Å². The molecule has 0 saturated carbocycles. The second-order valence-corrected chi connectivity index (χ2v) is 15.4. The van der Waals surface area contributed by atoms with Crippen LogP contribution in [0.1, 0.15) is 53.4 Å². The Morgan fingerprint density at radius 1 is 0.486 bits per heavy atom. The molecule has 4 N–H and O–H groups in total. The quantitative estimate of drug-likeness (QED) is 0.246. The molecule has 0 radical (unpaired) electrons. The molecule has 0 aliphatic carbocycles. The summed E-state index contributed by atoms with van der Waals surface area (Å²) in [6, 6.07) is 0. The summed E-state index contributed by atoms with van der Waals surface area (Å²) in [6.07, 6.45) is 3.79. The fourth-order valence-electron chi connectivity index (χ4n) is 3.11. The van der Waals surface area contributed by atoms with Gasteiger partial charge in [0.05, 0.1) is 52.9 Å². The number of rotatable bonds is 12. The Balaban J connectivity index is 2.59. The zero-order chi connectivity index (χ0) is 25.3. The molecule has 0 amide bonds. The van der Waals surface area contributed by atoms with Gasteiger partial charge in [0, 0.05) is 26.2 Å². The highest BCUT2D eigenvalue weighted by Crippen LogP contribution is 2.74. The monoisotopic (exact) mass is 559 g/mol. The maximum absolute atomic E-state index is 6.49. The second kappa shape index (κ2) is 17.8. The first kappa shape index (κ1) is 31.5. The summed E-state index contributed by atoms with van der Waals surface area (Å²) in [5.41, 5.74) is 0. The Morgan fingerprint density at radius 2 is 0.857 bits per heavy atom. The molecule has 2 unspecified atom stereocenters. The molecule has 12 nitrogen and oxygen atoms in total. The Kier molecular flexibility index (Phi) is 16.0. The molecule has 35 heavy (non-hydrogen) atoms. The van der Waals surface area contributed by atoms with E-state index in [1.807, 2.05) is 0 Å². The van der Waals surface area contributed by atoms with Crippen molar-refractivity contribution in [3.8, 4) is 0 Å². The molecular formula is C20H48N7O5P3. The van der Waals surface area contributed by atoms with E-state index >= 15 is 0 Å². The summed E-state index contributed by atoms with van der Waals surface area (Å²) in [5.74, 6) is 0. The summed E-state index contributed by atoms with van der Waals surface area (Å²) in [4.78, 5) is 0. The predicted octanol–water partition coefficient (Wildman–Crippen LogP) is 4.93. The standard InChI is InChI=1S/C20H48N7O5P3/c1-5-9-21-33(22-10-6-2)25-34(23-11-7-3)27-35(26-33,24-12-8-4)32-20-18-30-16-14-28-13-15-29-17-19-31-34/h21-24H,5-20H2,1-4H3. The van der Waals surface area contributed by atoms with Gasteiger partial charge in [0.2, 0.25) is 7.51 Å². The second-order valence-electron chi connectivity index (χ2n) is 8.09. The molecule has 0 aromatic carbocycles. The lowest BCUT2D eigenvalue weighted by Crippen LogP contribution is -2.27. The predicted molar refractivity (Wildman–Crippen MR) is 146 cm³/mol. The third-order valence-corrected chi connectivity index (χ3v) is 14.4. The molecule has 0 aromatic rings. The number of hydrogen-bond acceptors (Lipinski definition) is 12. The van der Waals surface area contributed by atoms with E-state index in [4.69, 9.17) is 36.8 Å². The van der Waals surface area contributed by atoms with E-state index in [1.165, 1.54) is 0 Å². The number of fused-ring (bicyclic) bond motifs is 1. The molecule has 0 saturated heterocycles. The number of nitrogens with zero attached hydrogens (tertiary/aromatic N) is 3. The van der Waals surface area contributed by atoms with Crippen molar-refractivity contribution in [2.75, 3.05) is 79.0 Å². The van der Waals surface area contributed by atoms with Crippen molar-refractivity contribution in [2.24, 2.45) is 13.5 Å². The molecule has 15 heteroatoms. The van der Waals surface area contributed by atoms with E-state index in [0.29, 0.717) is 52.9 Å². The zero-order valence-electron chi connectivity index (χ0n) is 22.0. The number of hydrogen-bond donors (Lipinski definition) is 4. The molecule has 0 spiro atoms. The van der Waals surface area contributed by atoms with Gasteiger partial charge in [-0.3, -0.25) is 10.2 Å². The molecule has 0 fully saturated rings. The topological polar surface area (TPSA) is 131 Å². The maximum Gasteiger partial charge on any atom is 0.280 e. The van der Waals surface area contributed by atoms with Gasteiger partial charge < -0.3 is 23.3 Å². The summed E-state index contributed by atoms with van der Waals surface area (Å²) in [6.45, 7) is 15.2. The van der Waals surface area contributed by atoms with Gasteiger partial charge in [-0.25, -0.2) is 10.2 Å². The van der Waals surface area contributed by atoms with Gasteiger partial charge >= 0.3 is 0 Å². The molecule has 2 atom stereocenters. The molecule has 2 aliphatic rings. The van der Waals surface area contributed by atoms with Crippen molar-refractivity contribution >= 4 is 22.7 Å². The first-order valence-corrected chi connectivity index (χ1v) is 17.9. The fraction of sp³-hybridized carbons (Fsp3) is 1.00. The largest absolute Gasteiger partial charge is 0.377 e. The Morgan fingerprint density at radius 3 is 1.29 bits per heavy atom. The van der Waals surface area contributed by atoms with E-state index < -0.39 is 22.7 Å². The highest BCUT2D eigenvalue weighted by atomic mass is 31.3. The van der Waals surface area contributed by atoms with Crippen molar-refractivity contribution in [2.45, 2.75) is 53.4 Å². The molecule has 2 heterocycles. The average Bonchev–Trinajstić information content (AvgIpc) is 2.86. The molecular weight excluding hydrogens is 511 g/mol. The van der Waals surface area contributed by atoms with Crippen molar-refractivity contribution in [1.82, 2.24) is 20.3 Å². The highest BCUT2D eigenvalue weighted by Gasteiger charge is 2.38. The Bertz CT molecular complexity index is 719. The van der Waals surface area contributed by atoms with Crippen LogP contribution in [0.15, 0.2) is 13.5 Å². The van der Waals surface area contributed by atoms with Gasteiger partial charge in [0.1, 0.15) is 0 Å². The minimum Gasteiger partial charge on any atom is -0.377 e. The van der Waals surface area contributed by atoms with Crippen LogP contribution in [0.3, 0.4) is 0 Å². The minimum atomic E-state index is -2.82. The molecule has 2 bridgehead atoms. The normalized spacial score (nSPS) is 28.5. The lowest BCUT2D eigenvalue weighted by atomic mass is 10.5. The van der Waals surface area contributed by atoms with Crippen molar-refractivity contribution in [1.29, 1.82) is 0 Å². The third kappa shape index (κ3) is 11.3. The summed E-state index contributed by atoms with van der Waals surface area (Å²) in [7, 11) is -8.21. The third-order valence-electron chi connectivity index (χ3n) is 4.79. The van der Waals surface area contributed by atoms with Gasteiger partial charge in [-0.15, -0.1) is 0 Å². The summed E-state index contributed by atoms with van der Waals surface area (Å²) in [5, 5.41) is 14.4. The van der Waals surface area contributed by atoms with Gasteiger partial charge in [0.15, 0.2) is 0 Å². The van der Waals surface area contributed by atoms with E-state index in [1.54, 1.807) is 0 Å². The lowest BCUT2D eigenvalue weighted by molar-refractivity contribution is 0.00533. The van der Waals surface area contributed by atoms with Gasteiger partial charge in [-0.05, 0) is 25.7 Å². The van der Waals surface area contributed by atoms with Crippen LogP contribution in [0.2, 0.25) is 0 Å². The smallest absolute Gasteiger partial charge is 0.280 e.